The Hall–Kier alpha value is -3.84. The van der Waals surface area contributed by atoms with Gasteiger partial charge < -0.3 is 19.1 Å². The van der Waals surface area contributed by atoms with Crippen LogP contribution >= 0.6 is 11.6 Å². The van der Waals surface area contributed by atoms with Gasteiger partial charge in [-0.1, -0.05) is 29.8 Å². The summed E-state index contributed by atoms with van der Waals surface area (Å²) in [6.07, 6.45) is 7.63. The number of pyridine rings is 1. The molecule has 1 saturated heterocycles. The van der Waals surface area contributed by atoms with Gasteiger partial charge in [0, 0.05) is 63.2 Å². The van der Waals surface area contributed by atoms with Gasteiger partial charge in [-0.3, -0.25) is 14.6 Å². The first-order valence-corrected chi connectivity index (χ1v) is 13.0. The molecule has 7 nitrogen and oxygen atoms in total. The van der Waals surface area contributed by atoms with Gasteiger partial charge in [0.1, 0.15) is 11.9 Å². The quantitative estimate of drug-likeness (QED) is 0.350. The molecular weight excluding hydrogens is 488 g/mol. The number of benzene rings is 2. The average Bonchev–Trinajstić information content (AvgIpc) is 3.49. The molecule has 0 atom stereocenters. The number of amides is 2. The largest absolute Gasteiger partial charge is 0.490 e. The van der Waals surface area contributed by atoms with Crippen molar-refractivity contribution in [3.63, 3.8) is 0 Å². The second-order valence-electron chi connectivity index (χ2n) is 9.55. The third kappa shape index (κ3) is 4.67. The minimum Gasteiger partial charge on any atom is -0.490 e. The first kappa shape index (κ1) is 23.6. The molecule has 4 aromatic rings. The van der Waals surface area contributed by atoms with E-state index in [0.29, 0.717) is 43.2 Å². The lowest BCUT2D eigenvalue weighted by Crippen LogP contribution is -2.42. The van der Waals surface area contributed by atoms with E-state index in [1.54, 1.807) is 23.4 Å². The summed E-state index contributed by atoms with van der Waals surface area (Å²) in [4.78, 5) is 33.8. The maximum absolute atomic E-state index is 13.1. The lowest BCUT2D eigenvalue weighted by molar-refractivity contribution is -0.133. The summed E-state index contributed by atoms with van der Waals surface area (Å²) in [5.41, 5.74) is 3.35. The van der Waals surface area contributed by atoms with Crippen molar-refractivity contribution in [1.29, 1.82) is 0 Å². The van der Waals surface area contributed by atoms with Crippen LogP contribution in [0.3, 0.4) is 0 Å². The number of likely N-dealkylation sites (tertiary alicyclic amines) is 1. The van der Waals surface area contributed by atoms with Crippen LogP contribution in [0.1, 0.15) is 35.2 Å². The zero-order valence-corrected chi connectivity index (χ0v) is 21.1. The van der Waals surface area contributed by atoms with Crippen LogP contribution in [-0.4, -0.2) is 45.5 Å². The third-order valence-electron chi connectivity index (χ3n) is 7.27. The monoisotopic (exact) mass is 514 g/mol. The van der Waals surface area contributed by atoms with E-state index >= 15 is 0 Å². The van der Waals surface area contributed by atoms with Crippen LogP contribution in [0, 0.1) is 0 Å². The van der Waals surface area contributed by atoms with Gasteiger partial charge in [-0.25, -0.2) is 0 Å². The van der Waals surface area contributed by atoms with Gasteiger partial charge >= 0.3 is 0 Å². The lowest BCUT2D eigenvalue weighted by atomic mass is 10.1. The number of carbonyl (C=O) groups is 2. The molecule has 0 saturated carbocycles. The van der Waals surface area contributed by atoms with Crippen LogP contribution in [0.4, 0.5) is 5.69 Å². The van der Waals surface area contributed by atoms with Gasteiger partial charge in [0.05, 0.1) is 22.6 Å². The summed E-state index contributed by atoms with van der Waals surface area (Å²) >= 11 is 6.30. The summed E-state index contributed by atoms with van der Waals surface area (Å²) in [5, 5.41) is 1.56. The Morgan fingerprint density at radius 1 is 1.05 bits per heavy atom. The van der Waals surface area contributed by atoms with Crippen LogP contribution in [0.2, 0.25) is 5.02 Å². The van der Waals surface area contributed by atoms with E-state index in [2.05, 4.69) is 9.55 Å². The molecule has 37 heavy (non-hydrogen) atoms. The number of nitrogens with zero attached hydrogens (tertiary/aromatic N) is 4. The van der Waals surface area contributed by atoms with Gasteiger partial charge in [-0.15, -0.1) is 0 Å². The number of ether oxygens (including phenoxy) is 1. The SMILES string of the molecule is O=C(CCn1ccc2ccc(N3Cc4cccc(Cl)c4C3=O)cc21)N1CCC(Oc2ccncc2)CC1. The fourth-order valence-electron chi connectivity index (χ4n) is 5.27. The zero-order chi connectivity index (χ0) is 25.4. The summed E-state index contributed by atoms with van der Waals surface area (Å²) in [6.45, 7) is 2.48. The Labute approximate surface area is 220 Å². The van der Waals surface area contributed by atoms with Crippen molar-refractivity contribution >= 4 is 40.0 Å². The molecule has 0 spiro atoms. The Balaban J connectivity index is 1.09. The highest BCUT2D eigenvalue weighted by molar-refractivity contribution is 6.35. The first-order chi connectivity index (χ1) is 18.1. The van der Waals surface area contributed by atoms with Crippen molar-refractivity contribution < 1.29 is 14.3 Å². The highest BCUT2D eigenvalue weighted by Crippen LogP contribution is 2.34. The molecule has 2 aliphatic rings. The number of halogens is 1. The van der Waals surface area contributed by atoms with E-state index in [4.69, 9.17) is 16.3 Å². The van der Waals surface area contributed by atoms with E-state index in [9.17, 15) is 9.59 Å². The highest BCUT2D eigenvalue weighted by atomic mass is 35.5. The molecule has 0 bridgehead atoms. The van der Waals surface area contributed by atoms with Gasteiger partial charge in [-0.2, -0.15) is 0 Å². The third-order valence-corrected chi connectivity index (χ3v) is 7.59. The smallest absolute Gasteiger partial charge is 0.260 e. The van der Waals surface area contributed by atoms with Crippen molar-refractivity contribution in [3.8, 4) is 5.75 Å². The Morgan fingerprint density at radius 3 is 2.65 bits per heavy atom. The van der Waals surface area contributed by atoms with Crippen LogP contribution in [0.5, 0.6) is 5.75 Å². The Kier molecular flexibility index (Phi) is 6.30. The number of carbonyl (C=O) groups excluding carboxylic acids is 2. The fourth-order valence-corrected chi connectivity index (χ4v) is 5.54. The number of hydrogen-bond acceptors (Lipinski definition) is 4. The number of piperidine rings is 1. The molecule has 2 aliphatic heterocycles. The van der Waals surface area contributed by atoms with Gasteiger partial charge in [0.25, 0.3) is 5.91 Å². The van der Waals surface area contributed by atoms with Crippen LogP contribution in [0.25, 0.3) is 10.9 Å². The number of aryl methyl sites for hydroxylation is 1. The molecule has 2 aromatic carbocycles. The average molecular weight is 515 g/mol. The molecule has 6 rings (SSSR count). The minimum atomic E-state index is -0.0791. The summed E-state index contributed by atoms with van der Waals surface area (Å²) in [7, 11) is 0. The summed E-state index contributed by atoms with van der Waals surface area (Å²) < 4.78 is 8.12. The topological polar surface area (TPSA) is 67.7 Å². The molecule has 1 fully saturated rings. The number of aromatic nitrogens is 2. The molecule has 8 heteroatoms. The van der Waals surface area contributed by atoms with E-state index in [1.807, 2.05) is 59.6 Å². The van der Waals surface area contributed by atoms with Gasteiger partial charge in [0.2, 0.25) is 5.91 Å². The van der Waals surface area contributed by atoms with Gasteiger partial charge in [0.15, 0.2) is 0 Å². The van der Waals surface area contributed by atoms with Crippen molar-refractivity contribution in [1.82, 2.24) is 14.5 Å². The van der Waals surface area contributed by atoms with Crippen molar-refractivity contribution in [3.05, 3.63) is 89.3 Å². The number of fused-ring (bicyclic) bond motifs is 2. The van der Waals surface area contributed by atoms with E-state index in [0.717, 1.165) is 40.7 Å². The maximum Gasteiger partial charge on any atom is 0.260 e. The van der Waals surface area contributed by atoms with Crippen molar-refractivity contribution in [2.45, 2.75) is 38.5 Å². The van der Waals surface area contributed by atoms with E-state index < -0.39 is 0 Å². The molecule has 2 amide bonds. The molecule has 188 valence electrons. The minimum absolute atomic E-state index is 0.0791. The molecule has 0 unspecified atom stereocenters. The predicted molar refractivity (Wildman–Crippen MR) is 143 cm³/mol. The molecule has 2 aromatic heterocycles. The van der Waals surface area contributed by atoms with Gasteiger partial charge in [-0.05, 0) is 47.3 Å². The van der Waals surface area contributed by atoms with Crippen molar-refractivity contribution in [2.75, 3.05) is 18.0 Å². The second kappa shape index (κ2) is 9.90. The summed E-state index contributed by atoms with van der Waals surface area (Å²) in [5.74, 6) is 0.894. The molecular formula is C29H27ClN4O3. The van der Waals surface area contributed by atoms with E-state index in [-0.39, 0.29) is 17.9 Å². The van der Waals surface area contributed by atoms with Crippen molar-refractivity contribution in [2.24, 2.45) is 0 Å². The first-order valence-electron chi connectivity index (χ1n) is 12.6. The highest BCUT2D eigenvalue weighted by Gasteiger charge is 2.30. The molecule has 0 aliphatic carbocycles. The second-order valence-corrected chi connectivity index (χ2v) is 9.96. The molecule has 0 radical (unpaired) electrons. The fraction of sp³-hybridized carbons (Fsp3) is 0.276. The van der Waals surface area contributed by atoms with E-state index in [1.165, 1.54) is 0 Å². The van der Waals surface area contributed by atoms with Crippen LogP contribution in [0.15, 0.2) is 73.2 Å². The summed E-state index contributed by atoms with van der Waals surface area (Å²) in [6, 6.07) is 17.4. The van der Waals surface area contributed by atoms with Crippen LogP contribution < -0.4 is 9.64 Å². The number of hydrogen-bond donors (Lipinski definition) is 0. The normalized spacial score (nSPS) is 15.9. The standard InChI is InChI=1S/C29H27ClN4O3/c30-25-3-1-2-21-19-34(29(36)28(21)25)22-5-4-20-8-14-32(26(20)18-22)17-11-27(35)33-15-9-24(10-16-33)37-23-6-12-31-13-7-23/h1-8,12-14,18,24H,9-11,15-17,19H2. The lowest BCUT2D eigenvalue weighted by Gasteiger charge is -2.32. The Morgan fingerprint density at radius 2 is 1.86 bits per heavy atom. The number of rotatable bonds is 6. The predicted octanol–water partition coefficient (Wildman–Crippen LogP) is 5.31. The maximum atomic E-state index is 13.1. The van der Waals surface area contributed by atoms with Crippen LogP contribution in [-0.2, 0) is 17.9 Å². The number of anilines is 1. The Bertz CT molecular complexity index is 1460. The zero-order valence-electron chi connectivity index (χ0n) is 20.3. The molecule has 4 heterocycles. The molecule has 0 N–H and O–H groups in total.